The van der Waals surface area contributed by atoms with Crippen molar-refractivity contribution in [2.45, 2.75) is 4.90 Å². The molecule has 0 spiro atoms. The van der Waals surface area contributed by atoms with E-state index in [1.165, 1.54) is 34.1 Å². The summed E-state index contributed by atoms with van der Waals surface area (Å²) in [5.41, 5.74) is 0.677. The minimum absolute atomic E-state index is 0.0589. The van der Waals surface area contributed by atoms with Crippen LogP contribution in [-0.4, -0.2) is 24.9 Å². The second kappa shape index (κ2) is 9.15. The van der Waals surface area contributed by atoms with E-state index < -0.39 is 16.0 Å². The van der Waals surface area contributed by atoms with E-state index in [0.717, 1.165) is 16.2 Å². The summed E-state index contributed by atoms with van der Waals surface area (Å²) in [5, 5.41) is 2.05. The van der Waals surface area contributed by atoms with Crippen LogP contribution in [0.2, 0.25) is 5.15 Å². The van der Waals surface area contributed by atoms with Crippen molar-refractivity contribution in [3.63, 3.8) is 0 Å². The van der Waals surface area contributed by atoms with E-state index in [4.69, 9.17) is 16.3 Å². The third-order valence-corrected chi connectivity index (χ3v) is 8.39. The van der Waals surface area contributed by atoms with Crippen molar-refractivity contribution >= 4 is 62.2 Å². The van der Waals surface area contributed by atoms with Gasteiger partial charge in [0.2, 0.25) is 10.7 Å². The molecule has 0 N–H and O–H groups in total. The first-order chi connectivity index (χ1) is 16.4. The summed E-state index contributed by atoms with van der Waals surface area (Å²) in [6, 6.07) is 20.5. The quantitative estimate of drug-likeness (QED) is 0.273. The third-order valence-electron chi connectivity index (χ3n) is 4.67. The van der Waals surface area contributed by atoms with E-state index in [1.807, 2.05) is 17.5 Å². The van der Waals surface area contributed by atoms with Gasteiger partial charge < -0.3 is 4.74 Å². The van der Waals surface area contributed by atoms with Crippen LogP contribution >= 0.6 is 34.3 Å². The lowest BCUT2D eigenvalue weighted by Crippen LogP contribution is -2.15. The van der Waals surface area contributed by atoms with Gasteiger partial charge in [-0.3, -0.25) is 4.57 Å². The molecule has 0 amide bonds. The van der Waals surface area contributed by atoms with Gasteiger partial charge in [0.15, 0.2) is 5.70 Å². The number of aromatic nitrogens is 1. The number of rotatable bonds is 5. The molecule has 34 heavy (non-hydrogen) atoms. The number of thiophene rings is 1. The fourth-order valence-electron chi connectivity index (χ4n) is 3.12. The number of cyclic esters (lactones) is 1. The van der Waals surface area contributed by atoms with Crippen molar-refractivity contribution in [1.29, 1.82) is 0 Å². The summed E-state index contributed by atoms with van der Waals surface area (Å²) < 4.78 is 36.8. The summed E-state index contributed by atoms with van der Waals surface area (Å²) in [7, 11) is -4.01. The van der Waals surface area contributed by atoms with Gasteiger partial charge in [0.1, 0.15) is 5.15 Å². The second-order valence-corrected chi connectivity index (χ2v) is 10.8. The van der Waals surface area contributed by atoms with E-state index in [2.05, 4.69) is 9.39 Å². The first-order valence-electron chi connectivity index (χ1n) is 9.82. The number of halogens is 1. The number of esters is 1. The Balaban J connectivity index is 1.67. The van der Waals surface area contributed by atoms with Crippen LogP contribution in [0.1, 0.15) is 9.75 Å². The zero-order valence-electron chi connectivity index (χ0n) is 17.2. The summed E-state index contributed by atoms with van der Waals surface area (Å²) in [4.78, 5) is 18.0. The van der Waals surface area contributed by atoms with Gasteiger partial charge in [-0.05, 0) is 41.8 Å². The number of hydrogen-bond donors (Lipinski definition) is 0. The maximum atomic E-state index is 13.0. The lowest BCUT2D eigenvalue weighted by molar-refractivity contribution is -0.129. The molecule has 11 heteroatoms. The molecule has 0 saturated carbocycles. The maximum absolute atomic E-state index is 13.0. The molecule has 170 valence electrons. The standard InChI is InChI=1S/C23H14ClN3O4S3/c24-20-19(14-17-22(28)31-21(25-17)18-12-7-13-32-18)33-23(27(20)15-8-3-1-4-9-15)26-34(29,30)16-10-5-2-6-11-16/h1-14H/b17-14-,26-23+. The maximum Gasteiger partial charge on any atom is 0.363 e. The topological polar surface area (TPSA) is 90.1 Å². The largest absolute Gasteiger partial charge is 0.401 e. The van der Waals surface area contributed by atoms with Gasteiger partial charge >= 0.3 is 5.97 Å². The fourth-order valence-corrected chi connectivity index (χ4v) is 6.33. The number of para-hydroxylation sites is 1. The minimum atomic E-state index is -4.01. The van der Waals surface area contributed by atoms with Crippen molar-refractivity contribution in [1.82, 2.24) is 4.57 Å². The number of ether oxygens (including phenoxy) is 1. The van der Waals surface area contributed by atoms with Gasteiger partial charge in [-0.15, -0.1) is 15.7 Å². The molecule has 0 fully saturated rings. The van der Waals surface area contributed by atoms with Gasteiger partial charge in [0.05, 0.1) is 14.6 Å². The zero-order chi connectivity index (χ0) is 23.7. The van der Waals surface area contributed by atoms with E-state index in [1.54, 1.807) is 48.5 Å². The average Bonchev–Trinajstić information content (AvgIpc) is 3.56. The first kappa shape index (κ1) is 22.5. The van der Waals surface area contributed by atoms with Crippen molar-refractivity contribution in [3.8, 4) is 5.69 Å². The van der Waals surface area contributed by atoms with Gasteiger partial charge in [-0.25, -0.2) is 9.79 Å². The van der Waals surface area contributed by atoms with Crippen molar-refractivity contribution in [2.24, 2.45) is 9.39 Å². The molecule has 5 rings (SSSR count). The molecular weight excluding hydrogens is 514 g/mol. The zero-order valence-corrected chi connectivity index (χ0v) is 20.4. The lowest BCUT2D eigenvalue weighted by atomic mass is 10.3. The Hall–Kier alpha value is -3.31. The number of aliphatic imine (C=N–C) groups is 1. The molecule has 1 aliphatic heterocycles. The molecule has 4 aromatic rings. The van der Waals surface area contributed by atoms with E-state index in [0.29, 0.717) is 10.6 Å². The molecule has 2 aromatic heterocycles. The minimum Gasteiger partial charge on any atom is -0.401 e. The van der Waals surface area contributed by atoms with Gasteiger partial charge in [0.25, 0.3) is 10.0 Å². The third kappa shape index (κ3) is 4.40. The van der Waals surface area contributed by atoms with Gasteiger partial charge in [-0.2, -0.15) is 8.42 Å². The van der Waals surface area contributed by atoms with Crippen LogP contribution in [0, 0.1) is 0 Å². The van der Waals surface area contributed by atoms with Gasteiger partial charge in [-0.1, -0.05) is 65.4 Å². The predicted molar refractivity (Wildman–Crippen MR) is 133 cm³/mol. The molecule has 2 aromatic carbocycles. The van der Waals surface area contributed by atoms with Crippen LogP contribution in [0.3, 0.4) is 0 Å². The Kier molecular flexibility index (Phi) is 6.05. The normalized spacial score (nSPS) is 15.6. The number of carbonyl (C=O) groups excluding carboxylic acids is 1. The van der Waals surface area contributed by atoms with Crippen molar-refractivity contribution < 1.29 is 17.9 Å². The van der Waals surface area contributed by atoms with Crippen LogP contribution < -0.4 is 4.80 Å². The molecule has 0 radical (unpaired) electrons. The molecule has 1 aliphatic rings. The molecule has 0 saturated heterocycles. The Morgan fingerprint density at radius 1 is 1.00 bits per heavy atom. The molecule has 0 bridgehead atoms. The molecule has 0 unspecified atom stereocenters. The highest BCUT2D eigenvalue weighted by molar-refractivity contribution is 7.90. The summed E-state index contributed by atoms with van der Waals surface area (Å²) in [6.07, 6.45) is 1.48. The van der Waals surface area contributed by atoms with E-state index in [-0.39, 0.29) is 26.4 Å². The molecular formula is C23H14ClN3O4S3. The summed E-state index contributed by atoms with van der Waals surface area (Å²) >= 11 is 9.10. The fraction of sp³-hybridized carbons (Fsp3) is 0. The number of carbonyl (C=O) groups is 1. The van der Waals surface area contributed by atoms with Crippen LogP contribution in [0.4, 0.5) is 0 Å². The summed E-state index contributed by atoms with van der Waals surface area (Å²) in [6.45, 7) is 0. The van der Waals surface area contributed by atoms with Crippen molar-refractivity contribution in [2.75, 3.05) is 0 Å². The number of hydrogen-bond acceptors (Lipinski definition) is 7. The SMILES string of the molecule is O=C1OC(c2cccs2)=N/C1=C\c1s/c(=N/S(=O)(=O)c2ccccc2)n(-c2ccccc2)c1Cl. The molecule has 3 heterocycles. The number of benzene rings is 2. The first-order valence-corrected chi connectivity index (χ1v) is 13.3. The Morgan fingerprint density at radius 3 is 2.38 bits per heavy atom. The number of nitrogens with zero attached hydrogens (tertiary/aromatic N) is 3. The van der Waals surface area contributed by atoms with E-state index in [9.17, 15) is 13.2 Å². The van der Waals surface area contributed by atoms with E-state index >= 15 is 0 Å². The second-order valence-electron chi connectivity index (χ2n) is 6.90. The van der Waals surface area contributed by atoms with Crippen LogP contribution in [-0.2, 0) is 19.6 Å². The predicted octanol–water partition coefficient (Wildman–Crippen LogP) is 4.89. The smallest absolute Gasteiger partial charge is 0.363 e. The highest BCUT2D eigenvalue weighted by atomic mass is 35.5. The molecule has 0 aliphatic carbocycles. The van der Waals surface area contributed by atoms with Crippen molar-refractivity contribution in [3.05, 3.63) is 104 Å². The van der Waals surface area contributed by atoms with Crippen LogP contribution in [0.5, 0.6) is 0 Å². The number of sulfonamides is 1. The highest BCUT2D eigenvalue weighted by Crippen LogP contribution is 2.28. The molecule has 7 nitrogen and oxygen atoms in total. The van der Waals surface area contributed by atoms with Gasteiger partial charge in [0, 0.05) is 5.69 Å². The average molecular weight is 528 g/mol. The van der Waals surface area contributed by atoms with Crippen LogP contribution in [0.15, 0.2) is 98.2 Å². The van der Waals surface area contributed by atoms with Crippen LogP contribution in [0.25, 0.3) is 11.8 Å². The molecule has 0 atom stereocenters. The Bertz CT molecular complexity index is 1600. The monoisotopic (exact) mass is 527 g/mol. The highest BCUT2D eigenvalue weighted by Gasteiger charge is 2.26. The summed E-state index contributed by atoms with van der Waals surface area (Å²) in [5.74, 6) is -0.402. The Morgan fingerprint density at radius 2 is 1.71 bits per heavy atom. The number of thiazole rings is 1. The Labute approximate surface area is 207 Å². The lowest BCUT2D eigenvalue weighted by Gasteiger charge is -2.05.